The molecular formula is C16H21N3O. The van der Waals surface area contributed by atoms with Crippen LogP contribution in [-0.2, 0) is 7.05 Å². The fourth-order valence-electron chi connectivity index (χ4n) is 2.38. The zero-order valence-corrected chi connectivity index (χ0v) is 12.7. The highest BCUT2D eigenvalue weighted by molar-refractivity contribution is 5.96. The summed E-state index contributed by atoms with van der Waals surface area (Å²) in [4.78, 5) is 12.4. The summed E-state index contributed by atoms with van der Waals surface area (Å²) in [5.74, 6) is -0.0399. The summed E-state index contributed by atoms with van der Waals surface area (Å²) in [6.07, 6.45) is 1.95. The lowest BCUT2D eigenvalue weighted by molar-refractivity contribution is 0.0939. The van der Waals surface area contributed by atoms with Crippen LogP contribution in [-0.4, -0.2) is 15.7 Å². The second-order valence-electron chi connectivity index (χ2n) is 5.36. The lowest BCUT2D eigenvalue weighted by Gasteiger charge is -2.14. The van der Waals surface area contributed by atoms with Crippen LogP contribution in [0.25, 0.3) is 0 Å². The fraction of sp³-hybridized carbons (Fsp3) is 0.375. The van der Waals surface area contributed by atoms with Gasteiger partial charge in [-0.3, -0.25) is 9.48 Å². The molecule has 1 N–H and O–H groups in total. The number of nitrogens with zero attached hydrogens (tertiary/aromatic N) is 2. The molecule has 1 aromatic carbocycles. The summed E-state index contributed by atoms with van der Waals surface area (Å²) in [5, 5.41) is 7.35. The Labute approximate surface area is 119 Å². The first-order chi connectivity index (χ1) is 9.38. The topological polar surface area (TPSA) is 46.9 Å². The maximum Gasteiger partial charge on any atom is 0.252 e. The smallest absolute Gasteiger partial charge is 0.252 e. The van der Waals surface area contributed by atoms with E-state index in [0.29, 0.717) is 0 Å². The first-order valence-electron chi connectivity index (χ1n) is 6.76. The van der Waals surface area contributed by atoms with Crippen LogP contribution in [0.4, 0.5) is 0 Å². The molecule has 0 aliphatic heterocycles. The summed E-state index contributed by atoms with van der Waals surface area (Å²) in [6, 6.07) is 5.86. The first kappa shape index (κ1) is 14.3. The number of amides is 1. The van der Waals surface area contributed by atoms with Gasteiger partial charge in [0, 0.05) is 24.4 Å². The highest BCUT2D eigenvalue weighted by Crippen LogP contribution is 2.17. The van der Waals surface area contributed by atoms with Gasteiger partial charge in [0.25, 0.3) is 5.91 Å². The molecule has 0 saturated heterocycles. The Balaban J connectivity index is 2.19. The van der Waals surface area contributed by atoms with Crippen molar-refractivity contribution in [1.82, 2.24) is 15.1 Å². The molecule has 0 spiro atoms. The van der Waals surface area contributed by atoms with Gasteiger partial charge in [0.15, 0.2) is 0 Å². The van der Waals surface area contributed by atoms with Crippen molar-refractivity contribution in [3.8, 4) is 0 Å². The van der Waals surface area contributed by atoms with Crippen molar-refractivity contribution in [3.63, 3.8) is 0 Å². The van der Waals surface area contributed by atoms with Gasteiger partial charge in [-0.25, -0.2) is 0 Å². The molecule has 0 fully saturated rings. The number of hydrogen-bond donors (Lipinski definition) is 1. The van der Waals surface area contributed by atoms with Crippen molar-refractivity contribution < 1.29 is 4.79 Å². The molecular weight excluding hydrogens is 250 g/mol. The van der Waals surface area contributed by atoms with Crippen LogP contribution >= 0.6 is 0 Å². The number of benzene rings is 1. The van der Waals surface area contributed by atoms with Crippen LogP contribution in [0.1, 0.15) is 45.7 Å². The number of aryl methyl sites for hydroxylation is 4. The number of nitrogens with one attached hydrogen (secondary N) is 1. The Morgan fingerprint density at radius 1 is 1.30 bits per heavy atom. The molecule has 0 aliphatic rings. The summed E-state index contributed by atoms with van der Waals surface area (Å²) in [6.45, 7) is 7.88. The average Bonchev–Trinajstić information content (AvgIpc) is 2.71. The van der Waals surface area contributed by atoms with E-state index in [1.165, 1.54) is 0 Å². The number of carbonyl (C=O) groups is 1. The molecule has 0 saturated carbocycles. The van der Waals surface area contributed by atoms with E-state index in [9.17, 15) is 4.79 Å². The zero-order chi connectivity index (χ0) is 14.9. The van der Waals surface area contributed by atoms with Crippen molar-refractivity contribution in [3.05, 3.63) is 52.3 Å². The van der Waals surface area contributed by atoms with Crippen molar-refractivity contribution >= 4 is 5.91 Å². The maximum atomic E-state index is 12.4. The molecule has 1 aromatic heterocycles. The predicted octanol–water partition coefficient (Wildman–Crippen LogP) is 2.84. The fourth-order valence-corrected chi connectivity index (χ4v) is 2.38. The molecule has 20 heavy (non-hydrogen) atoms. The molecule has 0 radical (unpaired) electrons. The average molecular weight is 271 g/mol. The molecule has 4 heteroatoms. The van der Waals surface area contributed by atoms with E-state index in [0.717, 1.165) is 27.9 Å². The Hall–Kier alpha value is -2.10. The van der Waals surface area contributed by atoms with Gasteiger partial charge in [0.2, 0.25) is 0 Å². The van der Waals surface area contributed by atoms with E-state index in [2.05, 4.69) is 10.4 Å². The SMILES string of the molecule is Cc1ccc(C)c(C(=O)NC(C)c2cn(C)nc2C)c1. The molecule has 4 nitrogen and oxygen atoms in total. The van der Waals surface area contributed by atoms with Gasteiger partial charge in [0.05, 0.1) is 11.7 Å². The Morgan fingerprint density at radius 2 is 2.00 bits per heavy atom. The standard InChI is InChI=1S/C16H21N3O/c1-10-6-7-11(2)14(8-10)16(20)17-12(3)15-9-19(5)18-13(15)4/h6-9,12H,1-5H3,(H,17,20). The summed E-state index contributed by atoms with van der Waals surface area (Å²) < 4.78 is 1.77. The van der Waals surface area contributed by atoms with Crippen LogP contribution in [0.5, 0.6) is 0 Å². The Bertz CT molecular complexity index is 643. The minimum atomic E-state index is -0.0592. The molecule has 1 unspecified atom stereocenters. The molecule has 2 rings (SSSR count). The Morgan fingerprint density at radius 3 is 2.60 bits per heavy atom. The highest BCUT2D eigenvalue weighted by atomic mass is 16.1. The van der Waals surface area contributed by atoms with Crippen molar-refractivity contribution in [1.29, 1.82) is 0 Å². The van der Waals surface area contributed by atoms with Gasteiger partial charge in [-0.05, 0) is 39.3 Å². The molecule has 1 atom stereocenters. The van der Waals surface area contributed by atoms with E-state index in [4.69, 9.17) is 0 Å². The third-order valence-corrected chi connectivity index (χ3v) is 3.50. The van der Waals surface area contributed by atoms with Gasteiger partial charge >= 0.3 is 0 Å². The molecule has 0 aliphatic carbocycles. The lowest BCUT2D eigenvalue weighted by Crippen LogP contribution is -2.27. The summed E-state index contributed by atoms with van der Waals surface area (Å²) >= 11 is 0. The van der Waals surface area contributed by atoms with E-state index >= 15 is 0 Å². The Kier molecular flexibility index (Phi) is 3.93. The monoisotopic (exact) mass is 271 g/mol. The summed E-state index contributed by atoms with van der Waals surface area (Å²) in [5.41, 5.74) is 4.81. The molecule has 106 valence electrons. The number of carbonyl (C=O) groups excluding carboxylic acids is 1. The van der Waals surface area contributed by atoms with E-state index in [-0.39, 0.29) is 11.9 Å². The van der Waals surface area contributed by atoms with Crippen LogP contribution in [0.15, 0.2) is 24.4 Å². The molecule has 0 bridgehead atoms. The van der Waals surface area contributed by atoms with E-state index < -0.39 is 0 Å². The van der Waals surface area contributed by atoms with Crippen LogP contribution in [0, 0.1) is 20.8 Å². The number of hydrogen-bond acceptors (Lipinski definition) is 2. The highest BCUT2D eigenvalue weighted by Gasteiger charge is 2.16. The lowest BCUT2D eigenvalue weighted by atomic mass is 10.0. The van der Waals surface area contributed by atoms with Gasteiger partial charge in [0.1, 0.15) is 0 Å². The van der Waals surface area contributed by atoms with Crippen molar-refractivity contribution in [2.24, 2.45) is 7.05 Å². The van der Waals surface area contributed by atoms with Gasteiger partial charge in [-0.2, -0.15) is 5.10 Å². The molecule has 1 amide bonds. The third-order valence-electron chi connectivity index (χ3n) is 3.50. The second kappa shape index (κ2) is 5.49. The minimum Gasteiger partial charge on any atom is -0.345 e. The maximum absolute atomic E-state index is 12.4. The molecule has 1 heterocycles. The van der Waals surface area contributed by atoms with Crippen molar-refractivity contribution in [2.45, 2.75) is 33.7 Å². The largest absolute Gasteiger partial charge is 0.345 e. The van der Waals surface area contributed by atoms with Crippen LogP contribution < -0.4 is 5.32 Å². The van der Waals surface area contributed by atoms with Gasteiger partial charge < -0.3 is 5.32 Å². The van der Waals surface area contributed by atoms with E-state index in [1.807, 2.05) is 59.1 Å². The molecule has 2 aromatic rings. The number of aromatic nitrogens is 2. The van der Waals surface area contributed by atoms with Crippen molar-refractivity contribution in [2.75, 3.05) is 0 Å². The normalized spacial score (nSPS) is 12.2. The number of rotatable bonds is 3. The van der Waals surface area contributed by atoms with Gasteiger partial charge in [-0.15, -0.1) is 0 Å². The van der Waals surface area contributed by atoms with Crippen LogP contribution in [0.2, 0.25) is 0 Å². The predicted molar refractivity (Wildman–Crippen MR) is 79.7 cm³/mol. The quantitative estimate of drug-likeness (QED) is 0.933. The van der Waals surface area contributed by atoms with E-state index in [1.54, 1.807) is 4.68 Å². The minimum absolute atomic E-state index is 0.0399. The van der Waals surface area contributed by atoms with Crippen LogP contribution in [0.3, 0.4) is 0 Å². The van der Waals surface area contributed by atoms with Gasteiger partial charge in [-0.1, -0.05) is 17.7 Å². The third kappa shape index (κ3) is 2.90. The summed E-state index contributed by atoms with van der Waals surface area (Å²) in [7, 11) is 1.88. The second-order valence-corrected chi connectivity index (χ2v) is 5.36. The first-order valence-corrected chi connectivity index (χ1v) is 6.76. The zero-order valence-electron chi connectivity index (χ0n) is 12.7.